The summed E-state index contributed by atoms with van der Waals surface area (Å²) in [6.07, 6.45) is 5.19. The molecule has 1 aromatic heterocycles. The van der Waals surface area contributed by atoms with Gasteiger partial charge in [0.1, 0.15) is 0 Å². The van der Waals surface area contributed by atoms with Gasteiger partial charge in [-0.1, -0.05) is 25.1 Å². The van der Waals surface area contributed by atoms with E-state index in [1.807, 2.05) is 17.9 Å². The van der Waals surface area contributed by atoms with Crippen LogP contribution in [0.25, 0.3) is 0 Å². The lowest BCUT2D eigenvalue weighted by Gasteiger charge is -2.23. The maximum absolute atomic E-state index is 4.26. The summed E-state index contributed by atoms with van der Waals surface area (Å²) in [5.41, 5.74) is 5.53. The Morgan fingerprint density at radius 1 is 1.19 bits per heavy atom. The first kappa shape index (κ1) is 15.8. The molecule has 0 spiro atoms. The van der Waals surface area contributed by atoms with Crippen molar-refractivity contribution in [2.24, 2.45) is 7.05 Å². The van der Waals surface area contributed by atoms with E-state index in [1.165, 1.54) is 22.4 Å². The van der Waals surface area contributed by atoms with Gasteiger partial charge in [-0.05, 0) is 62.4 Å². The average Bonchev–Trinajstić information content (AvgIpc) is 2.86. The highest BCUT2D eigenvalue weighted by atomic mass is 15.2. The molecule has 0 saturated carbocycles. The van der Waals surface area contributed by atoms with E-state index in [9.17, 15) is 0 Å². The summed E-state index contributed by atoms with van der Waals surface area (Å²) in [5, 5.41) is 7.98. The monoisotopic (exact) mass is 285 g/mol. The minimum atomic E-state index is 0.418. The molecule has 0 aliphatic rings. The lowest BCUT2D eigenvalue weighted by Crippen LogP contribution is -2.24. The molecule has 1 heterocycles. The Morgan fingerprint density at radius 3 is 2.48 bits per heavy atom. The molecule has 1 atom stereocenters. The van der Waals surface area contributed by atoms with E-state index < -0.39 is 0 Å². The molecule has 1 unspecified atom stereocenters. The van der Waals surface area contributed by atoms with Gasteiger partial charge in [-0.15, -0.1) is 0 Å². The van der Waals surface area contributed by atoms with Gasteiger partial charge in [0.25, 0.3) is 0 Å². The molecule has 0 aliphatic heterocycles. The van der Waals surface area contributed by atoms with E-state index in [2.05, 4.69) is 55.5 Å². The highest BCUT2D eigenvalue weighted by Crippen LogP contribution is 2.25. The topological polar surface area (TPSA) is 29.9 Å². The van der Waals surface area contributed by atoms with Crippen molar-refractivity contribution in [3.05, 3.63) is 52.8 Å². The van der Waals surface area contributed by atoms with Crippen molar-refractivity contribution in [3.63, 3.8) is 0 Å². The Balaban J connectivity index is 2.16. The lowest BCUT2D eigenvalue weighted by molar-refractivity contribution is 0.488. The van der Waals surface area contributed by atoms with Crippen LogP contribution in [0.4, 0.5) is 0 Å². The van der Waals surface area contributed by atoms with Crippen molar-refractivity contribution < 1.29 is 0 Å². The zero-order chi connectivity index (χ0) is 15.2. The van der Waals surface area contributed by atoms with Crippen LogP contribution in [0.1, 0.15) is 48.2 Å². The third kappa shape index (κ3) is 3.94. The Kier molecular flexibility index (Phi) is 5.57. The molecule has 1 N–H and O–H groups in total. The van der Waals surface area contributed by atoms with Crippen LogP contribution in [0, 0.1) is 13.8 Å². The number of benzene rings is 1. The maximum Gasteiger partial charge on any atom is 0.0492 e. The third-order valence-corrected chi connectivity index (χ3v) is 4.14. The summed E-state index contributed by atoms with van der Waals surface area (Å²) in [6, 6.07) is 9.11. The summed E-state index contributed by atoms with van der Waals surface area (Å²) in [6.45, 7) is 7.71. The smallest absolute Gasteiger partial charge is 0.0492 e. The van der Waals surface area contributed by atoms with E-state index in [4.69, 9.17) is 0 Å². The van der Waals surface area contributed by atoms with Crippen molar-refractivity contribution in [3.8, 4) is 0 Å². The number of hydrogen-bond acceptors (Lipinski definition) is 2. The fourth-order valence-corrected chi connectivity index (χ4v) is 2.98. The van der Waals surface area contributed by atoms with Crippen LogP contribution in [-0.2, 0) is 13.5 Å². The number of nitrogens with zero attached hydrogens (tertiary/aromatic N) is 2. The number of rotatable bonds is 7. The molecule has 2 rings (SSSR count). The van der Waals surface area contributed by atoms with Crippen LogP contribution in [0.2, 0.25) is 0 Å². The molecule has 0 aliphatic carbocycles. The van der Waals surface area contributed by atoms with Gasteiger partial charge < -0.3 is 5.32 Å². The quantitative estimate of drug-likeness (QED) is 0.840. The van der Waals surface area contributed by atoms with Gasteiger partial charge in [0.05, 0.1) is 0 Å². The van der Waals surface area contributed by atoms with Gasteiger partial charge in [-0.2, -0.15) is 5.10 Å². The van der Waals surface area contributed by atoms with Crippen LogP contribution in [0.15, 0.2) is 30.5 Å². The molecule has 3 heteroatoms. The van der Waals surface area contributed by atoms with Crippen molar-refractivity contribution >= 4 is 0 Å². The molecule has 0 saturated heterocycles. The van der Waals surface area contributed by atoms with Crippen LogP contribution in [0.3, 0.4) is 0 Å². The third-order valence-electron chi connectivity index (χ3n) is 4.14. The zero-order valence-corrected chi connectivity index (χ0v) is 13.7. The van der Waals surface area contributed by atoms with Gasteiger partial charge >= 0.3 is 0 Å². The van der Waals surface area contributed by atoms with Crippen LogP contribution >= 0.6 is 0 Å². The van der Waals surface area contributed by atoms with Gasteiger partial charge in [-0.25, -0.2) is 0 Å². The van der Waals surface area contributed by atoms with Crippen LogP contribution < -0.4 is 5.32 Å². The fraction of sp³-hybridized carbons (Fsp3) is 0.500. The molecular weight excluding hydrogens is 258 g/mol. The zero-order valence-electron chi connectivity index (χ0n) is 13.7. The summed E-state index contributed by atoms with van der Waals surface area (Å²) in [5.74, 6) is 0. The Bertz CT molecular complexity index is 551. The highest BCUT2D eigenvalue weighted by Gasteiger charge is 2.16. The molecule has 114 valence electrons. The molecular formula is C18H27N3. The molecule has 21 heavy (non-hydrogen) atoms. The fourth-order valence-electron chi connectivity index (χ4n) is 2.98. The van der Waals surface area contributed by atoms with E-state index in [-0.39, 0.29) is 0 Å². The minimum Gasteiger partial charge on any atom is -0.310 e. The molecule has 0 fully saturated rings. The molecule has 0 amide bonds. The van der Waals surface area contributed by atoms with Crippen LogP contribution in [-0.4, -0.2) is 16.3 Å². The standard InChI is InChI=1S/C18H27N3/c1-5-12-19-17(10-9-16-11-13-20-21(16)4)18-14(2)7-6-8-15(18)3/h6-8,11,13,17,19H,5,9-10,12H2,1-4H3. The summed E-state index contributed by atoms with van der Waals surface area (Å²) in [4.78, 5) is 0. The largest absolute Gasteiger partial charge is 0.310 e. The van der Waals surface area contributed by atoms with Gasteiger partial charge in [0.15, 0.2) is 0 Å². The van der Waals surface area contributed by atoms with Gasteiger partial charge in [0, 0.05) is 25.0 Å². The predicted octanol–water partition coefficient (Wildman–Crippen LogP) is 3.71. The van der Waals surface area contributed by atoms with Crippen LogP contribution in [0.5, 0.6) is 0 Å². The first-order valence-corrected chi connectivity index (χ1v) is 7.89. The molecule has 1 aromatic carbocycles. The SMILES string of the molecule is CCCNC(CCc1ccnn1C)c1c(C)cccc1C. The Hall–Kier alpha value is -1.61. The summed E-state index contributed by atoms with van der Waals surface area (Å²) in [7, 11) is 2.02. The second kappa shape index (κ2) is 7.41. The molecule has 3 nitrogen and oxygen atoms in total. The maximum atomic E-state index is 4.26. The van der Waals surface area contributed by atoms with Crippen molar-refractivity contribution in [2.45, 2.75) is 46.1 Å². The van der Waals surface area contributed by atoms with Gasteiger partial charge in [0.2, 0.25) is 0 Å². The first-order chi connectivity index (χ1) is 10.1. The van der Waals surface area contributed by atoms with E-state index in [0.717, 1.165) is 25.8 Å². The van der Waals surface area contributed by atoms with E-state index in [0.29, 0.717) is 6.04 Å². The lowest BCUT2D eigenvalue weighted by atomic mass is 9.92. The Morgan fingerprint density at radius 2 is 1.90 bits per heavy atom. The first-order valence-electron chi connectivity index (χ1n) is 7.89. The second-order valence-electron chi connectivity index (χ2n) is 5.80. The number of hydrogen-bond donors (Lipinski definition) is 1. The van der Waals surface area contributed by atoms with Crippen molar-refractivity contribution in [1.82, 2.24) is 15.1 Å². The molecule has 0 bridgehead atoms. The predicted molar refractivity (Wildman–Crippen MR) is 88.5 cm³/mol. The number of aryl methyl sites for hydroxylation is 4. The van der Waals surface area contributed by atoms with Gasteiger partial charge in [-0.3, -0.25) is 4.68 Å². The molecule has 0 radical (unpaired) electrons. The van der Waals surface area contributed by atoms with Crippen molar-refractivity contribution in [1.29, 1.82) is 0 Å². The average molecular weight is 285 g/mol. The minimum absolute atomic E-state index is 0.418. The number of aromatic nitrogens is 2. The van der Waals surface area contributed by atoms with Crippen molar-refractivity contribution in [2.75, 3.05) is 6.54 Å². The molecule has 2 aromatic rings. The summed E-state index contributed by atoms with van der Waals surface area (Å²) >= 11 is 0. The second-order valence-corrected chi connectivity index (χ2v) is 5.80. The highest BCUT2D eigenvalue weighted by molar-refractivity contribution is 5.36. The normalized spacial score (nSPS) is 12.6. The van der Waals surface area contributed by atoms with E-state index >= 15 is 0 Å². The summed E-state index contributed by atoms with van der Waals surface area (Å²) < 4.78 is 1.97. The number of nitrogens with one attached hydrogen (secondary N) is 1. The Labute approximate surface area is 128 Å². The van der Waals surface area contributed by atoms with E-state index in [1.54, 1.807) is 0 Å².